The van der Waals surface area contributed by atoms with Crippen molar-refractivity contribution < 1.29 is 5.11 Å². The van der Waals surface area contributed by atoms with Crippen LogP contribution in [0.25, 0.3) is 0 Å². The molecule has 0 bridgehead atoms. The summed E-state index contributed by atoms with van der Waals surface area (Å²) in [5.41, 5.74) is 6.92. The maximum atomic E-state index is 9.04. The van der Waals surface area contributed by atoms with Crippen LogP contribution in [0.4, 0.5) is 0 Å². The van der Waals surface area contributed by atoms with E-state index in [1.165, 1.54) is 0 Å². The summed E-state index contributed by atoms with van der Waals surface area (Å²) in [6.45, 7) is 4.19. The highest BCUT2D eigenvalue weighted by molar-refractivity contribution is 5.23. The van der Waals surface area contributed by atoms with Crippen LogP contribution in [0, 0.1) is 0 Å². The molecule has 0 amide bonds. The molecule has 0 aromatic carbocycles. The highest BCUT2D eigenvalue weighted by atomic mass is 16.3. The third-order valence-electron chi connectivity index (χ3n) is 2.98. The van der Waals surface area contributed by atoms with E-state index in [0.717, 1.165) is 5.56 Å². The summed E-state index contributed by atoms with van der Waals surface area (Å²) in [5.74, 6) is 0. The molecule has 3 nitrogen and oxygen atoms in total. The quantitative estimate of drug-likeness (QED) is 0.753. The van der Waals surface area contributed by atoms with Crippen LogP contribution in [0.1, 0.15) is 25.8 Å². The third-order valence-corrected chi connectivity index (χ3v) is 2.98. The SMILES string of the molecule is CC(N)C(C)(CCO)c1ccncc1. The molecule has 0 spiro atoms. The first kappa shape index (κ1) is 11.1. The number of hydrogen-bond acceptors (Lipinski definition) is 3. The van der Waals surface area contributed by atoms with E-state index in [1.54, 1.807) is 12.4 Å². The topological polar surface area (TPSA) is 59.1 Å². The summed E-state index contributed by atoms with van der Waals surface area (Å²) in [7, 11) is 0. The van der Waals surface area contributed by atoms with E-state index < -0.39 is 0 Å². The lowest BCUT2D eigenvalue weighted by atomic mass is 9.75. The van der Waals surface area contributed by atoms with Crippen molar-refractivity contribution in [2.75, 3.05) is 6.61 Å². The van der Waals surface area contributed by atoms with Gasteiger partial charge < -0.3 is 10.8 Å². The van der Waals surface area contributed by atoms with Crippen LogP contribution in [0.15, 0.2) is 24.5 Å². The fourth-order valence-electron chi connectivity index (χ4n) is 1.60. The normalized spacial score (nSPS) is 17.4. The molecule has 3 N–H and O–H groups in total. The number of aromatic nitrogens is 1. The van der Waals surface area contributed by atoms with Crippen LogP contribution in [-0.4, -0.2) is 22.7 Å². The van der Waals surface area contributed by atoms with E-state index in [2.05, 4.69) is 11.9 Å². The Morgan fingerprint density at radius 1 is 1.50 bits per heavy atom. The standard InChI is InChI=1S/C11H18N2O/c1-9(12)11(2,5-8-14)10-3-6-13-7-4-10/h3-4,6-7,9,14H,5,8,12H2,1-2H3. The largest absolute Gasteiger partial charge is 0.396 e. The van der Waals surface area contributed by atoms with Gasteiger partial charge in [-0.05, 0) is 31.0 Å². The Balaban J connectivity index is 2.99. The molecule has 0 saturated heterocycles. The van der Waals surface area contributed by atoms with E-state index in [0.29, 0.717) is 6.42 Å². The van der Waals surface area contributed by atoms with Crippen molar-refractivity contribution in [1.82, 2.24) is 4.98 Å². The number of pyridine rings is 1. The summed E-state index contributed by atoms with van der Waals surface area (Å²) in [5, 5.41) is 9.04. The minimum atomic E-state index is -0.169. The fraction of sp³-hybridized carbons (Fsp3) is 0.545. The molecule has 2 unspecified atom stereocenters. The van der Waals surface area contributed by atoms with Gasteiger partial charge in [-0.2, -0.15) is 0 Å². The van der Waals surface area contributed by atoms with E-state index in [4.69, 9.17) is 10.8 Å². The Morgan fingerprint density at radius 2 is 2.07 bits per heavy atom. The molecular weight excluding hydrogens is 176 g/mol. The van der Waals surface area contributed by atoms with Crippen LogP contribution in [0.5, 0.6) is 0 Å². The molecule has 2 atom stereocenters. The van der Waals surface area contributed by atoms with Gasteiger partial charge >= 0.3 is 0 Å². The predicted molar refractivity (Wildman–Crippen MR) is 56.9 cm³/mol. The Morgan fingerprint density at radius 3 is 2.50 bits per heavy atom. The van der Waals surface area contributed by atoms with Gasteiger partial charge in [-0.15, -0.1) is 0 Å². The van der Waals surface area contributed by atoms with Gasteiger partial charge in [0.25, 0.3) is 0 Å². The Labute approximate surface area is 85.0 Å². The average molecular weight is 194 g/mol. The first-order chi connectivity index (χ1) is 6.61. The van der Waals surface area contributed by atoms with Crippen LogP contribution in [0.3, 0.4) is 0 Å². The summed E-state index contributed by atoms with van der Waals surface area (Å²) in [6, 6.07) is 3.93. The minimum absolute atomic E-state index is 0.0112. The molecule has 0 radical (unpaired) electrons. The van der Waals surface area contributed by atoms with Gasteiger partial charge in [0.15, 0.2) is 0 Å². The van der Waals surface area contributed by atoms with Crippen LogP contribution in [0.2, 0.25) is 0 Å². The number of rotatable bonds is 4. The minimum Gasteiger partial charge on any atom is -0.396 e. The second-order valence-electron chi connectivity index (χ2n) is 3.92. The summed E-state index contributed by atoms with van der Waals surface area (Å²) >= 11 is 0. The Bertz CT molecular complexity index is 274. The Kier molecular flexibility index (Phi) is 3.61. The highest BCUT2D eigenvalue weighted by Gasteiger charge is 2.30. The third kappa shape index (κ3) is 2.11. The molecule has 1 heterocycles. The van der Waals surface area contributed by atoms with Crippen molar-refractivity contribution in [3.63, 3.8) is 0 Å². The lowest BCUT2D eigenvalue weighted by Gasteiger charge is -2.33. The zero-order valence-electron chi connectivity index (χ0n) is 8.77. The van der Waals surface area contributed by atoms with Crippen molar-refractivity contribution in [3.05, 3.63) is 30.1 Å². The monoisotopic (exact) mass is 194 g/mol. The average Bonchev–Trinajstić information content (AvgIpc) is 2.19. The number of aliphatic hydroxyl groups excluding tert-OH is 1. The molecule has 14 heavy (non-hydrogen) atoms. The molecule has 1 aromatic rings. The summed E-state index contributed by atoms with van der Waals surface area (Å²) < 4.78 is 0. The molecule has 1 aromatic heterocycles. The van der Waals surface area contributed by atoms with Gasteiger partial charge in [0.1, 0.15) is 0 Å². The first-order valence-corrected chi connectivity index (χ1v) is 4.88. The molecule has 0 aliphatic rings. The summed E-state index contributed by atoms with van der Waals surface area (Å²) in [6.07, 6.45) is 4.19. The number of hydrogen-bond donors (Lipinski definition) is 2. The number of nitrogens with two attached hydrogens (primary N) is 1. The first-order valence-electron chi connectivity index (χ1n) is 4.88. The molecular formula is C11H18N2O. The van der Waals surface area contributed by atoms with Gasteiger partial charge in [0, 0.05) is 30.5 Å². The number of nitrogens with zero attached hydrogens (tertiary/aromatic N) is 1. The Hall–Kier alpha value is -0.930. The van der Waals surface area contributed by atoms with Gasteiger partial charge in [0.05, 0.1) is 0 Å². The van der Waals surface area contributed by atoms with Gasteiger partial charge in [-0.3, -0.25) is 4.98 Å². The summed E-state index contributed by atoms with van der Waals surface area (Å²) in [4.78, 5) is 3.98. The van der Waals surface area contributed by atoms with Gasteiger partial charge in [-0.1, -0.05) is 6.92 Å². The molecule has 1 rings (SSSR count). The van der Waals surface area contributed by atoms with Crippen molar-refractivity contribution in [1.29, 1.82) is 0 Å². The molecule has 3 heteroatoms. The van der Waals surface area contributed by atoms with Crippen molar-refractivity contribution in [3.8, 4) is 0 Å². The lowest BCUT2D eigenvalue weighted by Crippen LogP contribution is -2.41. The van der Waals surface area contributed by atoms with Crippen LogP contribution < -0.4 is 5.73 Å². The van der Waals surface area contributed by atoms with Crippen LogP contribution in [-0.2, 0) is 5.41 Å². The second-order valence-corrected chi connectivity index (χ2v) is 3.92. The van der Waals surface area contributed by atoms with Gasteiger partial charge in [0.2, 0.25) is 0 Å². The van der Waals surface area contributed by atoms with E-state index in [9.17, 15) is 0 Å². The maximum absolute atomic E-state index is 9.04. The smallest absolute Gasteiger partial charge is 0.0440 e. The van der Waals surface area contributed by atoms with E-state index >= 15 is 0 Å². The van der Waals surface area contributed by atoms with Crippen LogP contribution >= 0.6 is 0 Å². The highest BCUT2D eigenvalue weighted by Crippen LogP contribution is 2.29. The van der Waals surface area contributed by atoms with E-state index in [1.807, 2.05) is 19.1 Å². The maximum Gasteiger partial charge on any atom is 0.0440 e. The van der Waals surface area contributed by atoms with Crippen molar-refractivity contribution in [2.24, 2.45) is 5.73 Å². The lowest BCUT2D eigenvalue weighted by molar-refractivity contribution is 0.229. The second kappa shape index (κ2) is 4.53. The van der Waals surface area contributed by atoms with Crippen molar-refractivity contribution >= 4 is 0 Å². The molecule has 0 fully saturated rings. The molecule has 0 saturated carbocycles. The van der Waals surface area contributed by atoms with Gasteiger partial charge in [-0.25, -0.2) is 0 Å². The zero-order valence-corrected chi connectivity index (χ0v) is 8.77. The fourth-order valence-corrected chi connectivity index (χ4v) is 1.60. The molecule has 0 aliphatic carbocycles. The molecule has 78 valence electrons. The van der Waals surface area contributed by atoms with Crippen molar-refractivity contribution in [2.45, 2.75) is 31.7 Å². The predicted octanol–water partition coefficient (Wildman–Crippen LogP) is 1.07. The molecule has 0 aliphatic heterocycles. The number of aliphatic hydroxyl groups is 1. The zero-order chi connectivity index (χ0) is 10.6. The van der Waals surface area contributed by atoms with E-state index in [-0.39, 0.29) is 18.1 Å².